The van der Waals surface area contributed by atoms with Crippen LogP contribution in [0, 0.1) is 12.8 Å². The zero-order chi connectivity index (χ0) is 51.9. The van der Waals surface area contributed by atoms with E-state index >= 15 is 0 Å². The SMILES string of the molecule is Cc1cc(O)cc2c1C[C@@H](C(=O)N[C@H](CCCN=C(N)N)C(=O)N[C@H]1Cc3ccccc3CN(CCC(=O)N[C@@H](CCCN3CCC(Cc4ccccc4)CC3)C(=O)N[C@@H](Cc3ccccc3)C(N)=O)C1=O)N2. The summed E-state index contributed by atoms with van der Waals surface area (Å²) in [6.45, 7) is 4.79. The number of primary amides is 1. The van der Waals surface area contributed by atoms with Gasteiger partial charge in [0.15, 0.2) is 5.96 Å². The molecular formula is C55H71N11O7. The fraction of sp³-hybridized carbons (Fsp3) is 0.436. The smallest absolute Gasteiger partial charge is 0.245 e. The molecule has 1 saturated heterocycles. The molecule has 3 heterocycles. The number of benzene rings is 4. The zero-order valence-electron chi connectivity index (χ0n) is 41.7. The van der Waals surface area contributed by atoms with Crippen LogP contribution in [0.4, 0.5) is 5.69 Å². The minimum absolute atomic E-state index is 0.0306. The minimum atomic E-state index is -1.07. The summed E-state index contributed by atoms with van der Waals surface area (Å²) in [7, 11) is 0. The minimum Gasteiger partial charge on any atom is -0.508 e. The summed E-state index contributed by atoms with van der Waals surface area (Å²) in [5.41, 5.74) is 23.1. The Morgan fingerprint density at radius 1 is 0.767 bits per heavy atom. The van der Waals surface area contributed by atoms with Crippen molar-refractivity contribution < 1.29 is 33.9 Å². The highest BCUT2D eigenvalue weighted by molar-refractivity contribution is 5.95. The van der Waals surface area contributed by atoms with Crippen molar-refractivity contribution in [1.29, 1.82) is 0 Å². The molecule has 18 heteroatoms. The number of hydrogen-bond acceptors (Lipinski definition) is 10. The molecule has 0 aliphatic carbocycles. The van der Waals surface area contributed by atoms with Crippen molar-refractivity contribution in [3.63, 3.8) is 0 Å². The number of piperidine rings is 1. The second-order valence-electron chi connectivity index (χ2n) is 19.6. The highest BCUT2D eigenvalue weighted by Crippen LogP contribution is 2.33. The van der Waals surface area contributed by atoms with Crippen LogP contribution >= 0.6 is 0 Å². The topological polar surface area (TPSA) is 280 Å². The summed E-state index contributed by atoms with van der Waals surface area (Å²) in [5, 5.41) is 24.8. The van der Waals surface area contributed by atoms with E-state index < -0.39 is 65.7 Å². The third-order valence-electron chi connectivity index (χ3n) is 14.2. The maximum atomic E-state index is 14.5. The summed E-state index contributed by atoms with van der Waals surface area (Å²) in [4.78, 5) is 91.1. The third kappa shape index (κ3) is 15.5. The third-order valence-corrected chi connectivity index (χ3v) is 14.2. The number of anilines is 1. The van der Waals surface area contributed by atoms with Crippen molar-refractivity contribution in [2.75, 3.05) is 38.0 Å². The van der Waals surface area contributed by atoms with Gasteiger partial charge in [-0.25, -0.2) is 0 Å². The monoisotopic (exact) mass is 998 g/mol. The standard InChI is InChI=1S/C55H71N11O7/c1-35-28-41(67)32-45-42(35)33-47(60-45)53(72)62-44(18-10-23-59-55(57)58)52(71)64-48-31-39-16-8-9-17-40(39)34-66(54(48)73)27-22-49(68)61-43(51(70)63-46(50(56)69)30-37-14-6-3-7-15-37)19-11-24-65-25-20-38(21-26-65)29-36-12-4-2-5-13-36/h2-9,12-17,28,32,38,43-44,46-48,60,67H,10-11,18-27,29-31,33-34H2,1H3,(H2,56,69)(H,61,68)(H,62,72)(H,63,70)(H,64,71)(H4,57,58,59)/t43-,44+,46-,47-,48-/m0/s1. The second-order valence-corrected chi connectivity index (χ2v) is 19.6. The van der Waals surface area contributed by atoms with Crippen molar-refractivity contribution >= 4 is 47.1 Å². The van der Waals surface area contributed by atoms with Crippen LogP contribution in [-0.2, 0) is 61.0 Å². The molecule has 0 saturated carbocycles. The van der Waals surface area contributed by atoms with Crippen molar-refractivity contribution in [1.82, 2.24) is 31.1 Å². The van der Waals surface area contributed by atoms with E-state index in [-0.39, 0.29) is 57.0 Å². The van der Waals surface area contributed by atoms with Gasteiger partial charge in [0.2, 0.25) is 35.4 Å². The molecule has 4 aromatic rings. The highest BCUT2D eigenvalue weighted by Gasteiger charge is 2.36. The number of aryl methyl sites for hydroxylation is 1. The first-order valence-electron chi connectivity index (χ1n) is 25.5. The lowest BCUT2D eigenvalue weighted by atomic mass is 9.90. The van der Waals surface area contributed by atoms with Gasteiger partial charge in [-0.15, -0.1) is 0 Å². The van der Waals surface area contributed by atoms with E-state index in [0.29, 0.717) is 37.3 Å². The predicted molar refractivity (Wildman–Crippen MR) is 280 cm³/mol. The summed E-state index contributed by atoms with van der Waals surface area (Å²) < 4.78 is 0. The molecule has 7 rings (SSSR count). The lowest BCUT2D eigenvalue weighted by Gasteiger charge is -2.32. The number of carbonyl (C=O) groups excluding carboxylic acids is 6. The van der Waals surface area contributed by atoms with Gasteiger partial charge in [-0.1, -0.05) is 84.9 Å². The Hall–Kier alpha value is -7.47. The van der Waals surface area contributed by atoms with Crippen LogP contribution in [-0.4, -0.2) is 119 Å². The molecule has 0 aromatic heterocycles. The average Bonchev–Trinajstić information content (AvgIpc) is 3.76. The van der Waals surface area contributed by atoms with Gasteiger partial charge in [-0.2, -0.15) is 0 Å². The highest BCUT2D eigenvalue weighted by atomic mass is 16.3. The van der Waals surface area contributed by atoms with Crippen molar-refractivity contribution in [2.24, 2.45) is 28.1 Å². The van der Waals surface area contributed by atoms with Crippen molar-refractivity contribution in [3.8, 4) is 5.75 Å². The first-order valence-corrected chi connectivity index (χ1v) is 25.5. The molecule has 18 nitrogen and oxygen atoms in total. The normalized spacial score (nSPS) is 17.9. The van der Waals surface area contributed by atoms with Gasteiger partial charge in [0.1, 0.15) is 36.0 Å². The maximum absolute atomic E-state index is 14.5. The number of aromatic hydroxyl groups is 1. The number of hydrogen-bond donors (Lipinski definition) is 9. The average molecular weight is 998 g/mol. The van der Waals surface area contributed by atoms with Crippen LogP contribution < -0.4 is 43.8 Å². The number of phenolic OH excluding ortho intramolecular Hbond substituents is 1. The molecule has 6 amide bonds. The van der Waals surface area contributed by atoms with Gasteiger partial charge in [0.05, 0.1) is 0 Å². The number of nitrogens with two attached hydrogens (primary N) is 3. The molecule has 1 fully saturated rings. The van der Waals surface area contributed by atoms with Gasteiger partial charge >= 0.3 is 0 Å². The molecule has 73 heavy (non-hydrogen) atoms. The van der Waals surface area contributed by atoms with Gasteiger partial charge in [0.25, 0.3) is 0 Å². The first kappa shape index (κ1) is 53.3. The Balaban J connectivity index is 1.00. The quantitative estimate of drug-likeness (QED) is 0.0296. The molecule has 0 unspecified atom stereocenters. The summed E-state index contributed by atoms with van der Waals surface area (Å²) >= 11 is 0. The number of nitrogens with one attached hydrogen (secondary N) is 5. The Labute approximate surface area is 427 Å². The number of guanidine groups is 1. The summed E-state index contributed by atoms with van der Waals surface area (Å²) in [6.07, 6.45) is 5.12. The number of phenols is 1. The lowest BCUT2D eigenvalue weighted by molar-refractivity contribution is -0.138. The predicted octanol–water partition coefficient (Wildman–Crippen LogP) is 2.47. The van der Waals surface area contributed by atoms with Crippen LogP contribution in [0.15, 0.2) is 102 Å². The van der Waals surface area contributed by atoms with E-state index in [2.05, 4.69) is 60.7 Å². The zero-order valence-corrected chi connectivity index (χ0v) is 41.7. The van der Waals surface area contributed by atoms with E-state index in [1.165, 1.54) is 10.5 Å². The number of amides is 6. The second kappa shape index (κ2) is 25.8. The molecule has 12 N–H and O–H groups in total. The van der Waals surface area contributed by atoms with E-state index in [1.807, 2.05) is 67.6 Å². The fourth-order valence-corrected chi connectivity index (χ4v) is 10.1. The van der Waals surface area contributed by atoms with E-state index in [0.717, 1.165) is 66.7 Å². The summed E-state index contributed by atoms with van der Waals surface area (Å²) in [5.74, 6) is -2.57. The van der Waals surface area contributed by atoms with Gasteiger partial charge in [-0.3, -0.25) is 33.8 Å². The Kier molecular flexibility index (Phi) is 18.8. The number of likely N-dealkylation sites (tertiary alicyclic amines) is 1. The molecule has 0 radical (unpaired) electrons. The molecular weight excluding hydrogens is 927 g/mol. The van der Waals surface area contributed by atoms with Crippen molar-refractivity contribution in [3.05, 3.63) is 130 Å². The van der Waals surface area contributed by atoms with Crippen LogP contribution in [0.2, 0.25) is 0 Å². The number of carbonyl (C=O) groups is 6. The Bertz CT molecular complexity index is 2580. The van der Waals surface area contributed by atoms with Crippen LogP contribution in [0.5, 0.6) is 5.75 Å². The first-order chi connectivity index (χ1) is 35.2. The fourth-order valence-electron chi connectivity index (χ4n) is 10.1. The molecule has 0 spiro atoms. The van der Waals surface area contributed by atoms with E-state index in [1.54, 1.807) is 12.1 Å². The largest absolute Gasteiger partial charge is 0.508 e. The Morgan fingerprint density at radius 3 is 2.12 bits per heavy atom. The van der Waals surface area contributed by atoms with Gasteiger partial charge in [-0.05, 0) is 117 Å². The molecule has 388 valence electrons. The Morgan fingerprint density at radius 2 is 1.42 bits per heavy atom. The molecule has 4 aromatic carbocycles. The number of nitrogens with zero attached hydrogens (tertiary/aromatic N) is 3. The van der Waals surface area contributed by atoms with Crippen LogP contribution in [0.3, 0.4) is 0 Å². The van der Waals surface area contributed by atoms with Gasteiger partial charge < -0.3 is 58.7 Å². The van der Waals surface area contributed by atoms with E-state index in [9.17, 15) is 33.9 Å². The molecule has 3 aliphatic rings. The van der Waals surface area contributed by atoms with Crippen LogP contribution in [0.1, 0.15) is 78.3 Å². The van der Waals surface area contributed by atoms with Crippen LogP contribution in [0.25, 0.3) is 0 Å². The summed E-state index contributed by atoms with van der Waals surface area (Å²) in [6, 6.07) is 25.6. The number of aliphatic imine (C=N–C) groups is 1. The lowest BCUT2D eigenvalue weighted by Crippen LogP contribution is -2.56. The number of rotatable bonds is 23. The van der Waals surface area contributed by atoms with E-state index in [4.69, 9.17) is 17.2 Å². The van der Waals surface area contributed by atoms with Gasteiger partial charge in [0, 0.05) is 57.1 Å². The molecule has 5 atom stereocenters. The number of fused-ring (bicyclic) bond motifs is 2. The molecule has 3 aliphatic heterocycles. The van der Waals surface area contributed by atoms with Crippen molar-refractivity contribution in [2.45, 2.75) is 114 Å². The molecule has 0 bridgehead atoms. The maximum Gasteiger partial charge on any atom is 0.245 e.